The number of benzene rings is 1. The van der Waals surface area contributed by atoms with Gasteiger partial charge in [-0.05, 0) is 13.0 Å². The third-order valence-corrected chi connectivity index (χ3v) is 2.53. The molecule has 7 heteroatoms. The average molecular weight is 263 g/mol. The van der Waals surface area contributed by atoms with Crippen molar-refractivity contribution in [1.29, 1.82) is 0 Å². The van der Waals surface area contributed by atoms with Crippen molar-refractivity contribution >= 4 is 34.8 Å². The van der Waals surface area contributed by atoms with Gasteiger partial charge < -0.3 is 5.32 Å². The highest BCUT2D eigenvalue weighted by atomic mass is 35.5. The number of rotatable bonds is 3. The standard InChI is InChI=1S/C9H8Cl2N2O3/c1-2-12-9(14)7-5(10)3-4-6(8(7)11)13(15)16/h3-4H,2H2,1H3,(H,12,14). The molecule has 0 atom stereocenters. The van der Waals surface area contributed by atoms with E-state index in [1.165, 1.54) is 6.07 Å². The molecule has 0 aliphatic rings. The van der Waals surface area contributed by atoms with E-state index < -0.39 is 10.8 Å². The van der Waals surface area contributed by atoms with Crippen molar-refractivity contribution in [3.8, 4) is 0 Å². The van der Waals surface area contributed by atoms with Gasteiger partial charge in [0.05, 0.1) is 15.5 Å². The molecule has 1 rings (SSSR count). The Bertz CT molecular complexity index is 449. The maximum atomic E-state index is 11.6. The summed E-state index contributed by atoms with van der Waals surface area (Å²) in [7, 11) is 0. The molecule has 0 aliphatic heterocycles. The van der Waals surface area contributed by atoms with Crippen LogP contribution in [0, 0.1) is 10.1 Å². The van der Waals surface area contributed by atoms with E-state index in [9.17, 15) is 14.9 Å². The Balaban J connectivity index is 3.31. The van der Waals surface area contributed by atoms with Gasteiger partial charge >= 0.3 is 0 Å². The van der Waals surface area contributed by atoms with E-state index in [2.05, 4.69) is 5.32 Å². The molecule has 0 aliphatic carbocycles. The van der Waals surface area contributed by atoms with Crippen molar-refractivity contribution in [2.75, 3.05) is 6.54 Å². The summed E-state index contributed by atoms with van der Waals surface area (Å²) in [5.41, 5.74) is -0.410. The number of nitrogens with one attached hydrogen (secondary N) is 1. The molecule has 0 aromatic heterocycles. The molecular weight excluding hydrogens is 255 g/mol. The molecule has 0 unspecified atom stereocenters. The van der Waals surface area contributed by atoms with E-state index in [1.807, 2.05) is 0 Å². The molecule has 1 aromatic carbocycles. The van der Waals surface area contributed by atoms with E-state index in [0.29, 0.717) is 6.54 Å². The predicted molar refractivity (Wildman–Crippen MR) is 61.1 cm³/mol. The zero-order valence-corrected chi connectivity index (χ0v) is 9.80. The summed E-state index contributed by atoms with van der Waals surface area (Å²) in [5.74, 6) is -0.527. The number of hydrogen-bond donors (Lipinski definition) is 1. The Labute approximate surface area is 101 Å². The molecule has 0 bridgehead atoms. The van der Waals surface area contributed by atoms with Crippen LogP contribution in [0.2, 0.25) is 10.0 Å². The lowest BCUT2D eigenvalue weighted by molar-refractivity contribution is -0.384. The van der Waals surface area contributed by atoms with Gasteiger partial charge in [0.15, 0.2) is 0 Å². The van der Waals surface area contributed by atoms with Crippen molar-refractivity contribution in [1.82, 2.24) is 5.32 Å². The quantitative estimate of drug-likeness (QED) is 0.673. The monoisotopic (exact) mass is 262 g/mol. The second-order valence-electron chi connectivity index (χ2n) is 2.87. The van der Waals surface area contributed by atoms with Crippen LogP contribution < -0.4 is 5.32 Å². The molecule has 16 heavy (non-hydrogen) atoms. The van der Waals surface area contributed by atoms with Crippen molar-refractivity contribution in [2.45, 2.75) is 6.92 Å². The van der Waals surface area contributed by atoms with Crippen molar-refractivity contribution < 1.29 is 9.72 Å². The van der Waals surface area contributed by atoms with Gasteiger partial charge in [-0.25, -0.2) is 0 Å². The highest BCUT2D eigenvalue weighted by molar-refractivity contribution is 6.41. The minimum atomic E-state index is -0.665. The van der Waals surface area contributed by atoms with E-state index in [1.54, 1.807) is 6.92 Å². The first-order valence-electron chi connectivity index (χ1n) is 4.39. The highest BCUT2D eigenvalue weighted by Crippen LogP contribution is 2.32. The van der Waals surface area contributed by atoms with Gasteiger partial charge in [0.1, 0.15) is 5.02 Å². The first kappa shape index (κ1) is 12.7. The Morgan fingerprint density at radius 1 is 1.50 bits per heavy atom. The molecular formula is C9H8Cl2N2O3. The van der Waals surface area contributed by atoms with Crippen LogP contribution in [0.25, 0.3) is 0 Å². The third-order valence-electron chi connectivity index (χ3n) is 1.83. The highest BCUT2D eigenvalue weighted by Gasteiger charge is 2.22. The van der Waals surface area contributed by atoms with Crippen molar-refractivity contribution in [3.05, 3.63) is 37.9 Å². The number of carbonyl (C=O) groups excluding carboxylic acids is 1. The molecule has 1 aromatic rings. The van der Waals surface area contributed by atoms with Gasteiger partial charge in [0.2, 0.25) is 0 Å². The van der Waals surface area contributed by atoms with Gasteiger partial charge in [-0.15, -0.1) is 0 Å². The summed E-state index contributed by atoms with van der Waals surface area (Å²) in [5, 5.41) is 12.9. The molecule has 0 fully saturated rings. The Morgan fingerprint density at radius 2 is 2.12 bits per heavy atom. The second kappa shape index (κ2) is 5.14. The van der Waals surface area contributed by atoms with Crippen LogP contribution in [0.15, 0.2) is 12.1 Å². The van der Waals surface area contributed by atoms with E-state index >= 15 is 0 Å². The maximum Gasteiger partial charge on any atom is 0.288 e. The van der Waals surface area contributed by atoms with Crippen LogP contribution in [0.4, 0.5) is 5.69 Å². The number of nitrogens with zero attached hydrogens (tertiary/aromatic N) is 1. The summed E-state index contributed by atoms with van der Waals surface area (Å²) in [6.45, 7) is 2.10. The molecule has 1 N–H and O–H groups in total. The van der Waals surface area contributed by atoms with Crippen LogP contribution >= 0.6 is 23.2 Å². The Kier molecular flexibility index (Phi) is 4.09. The van der Waals surface area contributed by atoms with Crippen LogP contribution in [0.1, 0.15) is 17.3 Å². The molecule has 0 spiro atoms. The lowest BCUT2D eigenvalue weighted by Gasteiger charge is -2.06. The normalized spacial score (nSPS) is 9.94. The van der Waals surface area contributed by atoms with Crippen LogP contribution in [0.3, 0.4) is 0 Å². The first-order valence-corrected chi connectivity index (χ1v) is 5.15. The van der Waals surface area contributed by atoms with E-state index in [-0.39, 0.29) is 21.3 Å². The van der Waals surface area contributed by atoms with Crippen LogP contribution in [-0.2, 0) is 0 Å². The number of carbonyl (C=O) groups is 1. The van der Waals surface area contributed by atoms with Crippen molar-refractivity contribution in [3.63, 3.8) is 0 Å². The lowest BCUT2D eigenvalue weighted by atomic mass is 10.2. The third kappa shape index (κ3) is 2.43. The summed E-state index contributed by atoms with van der Waals surface area (Å²) in [6.07, 6.45) is 0. The minimum absolute atomic E-state index is 0.0700. The number of hydrogen-bond acceptors (Lipinski definition) is 3. The fourth-order valence-corrected chi connectivity index (χ4v) is 1.75. The van der Waals surface area contributed by atoms with Gasteiger partial charge in [-0.3, -0.25) is 14.9 Å². The largest absolute Gasteiger partial charge is 0.352 e. The zero-order chi connectivity index (χ0) is 12.3. The van der Waals surface area contributed by atoms with Crippen LogP contribution in [0.5, 0.6) is 0 Å². The molecule has 0 radical (unpaired) electrons. The second-order valence-corrected chi connectivity index (χ2v) is 3.66. The fourth-order valence-electron chi connectivity index (χ4n) is 1.14. The summed E-state index contributed by atoms with van der Waals surface area (Å²) in [4.78, 5) is 21.5. The summed E-state index contributed by atoms with van der Waals surface area (Å²) < 4.78 is 0. The number of amides is 1. The zero-order valence-electron chi connectivity index (χ0n) is 8.29. The van der Waals surface area contributed by atoms with E-state index in [0.717, 1.165) is 6.07 Å². The smallest absolute Gasteiger partial charge is 0.288 e. The minimum Gasteiger partial charge on any atom is -0.352 e. The lowest BCUT2D eigenvalue weighted by Crippen LogP contribution is -2.23. The fraction of sp³-hybridized carbons (Fsp3) is 0.222. The Morgan fingerprint density at radius 3 is 2.62 bits per heavy atom. The number of halogens is 2. The summed E-state index contributed by atoms with van der Waals surface area (Å²) >= 11 is 11.5. The molecule has 0 heterocycles. The van der Waals surface area contributed by atoms with Gasteiger partial charge in [-0.1, -0.05) is 23.2 Å². The van der Waals surface area contributed by atoms with Crippen LogP contribution in [-0.4, -0.2) is 17.4 Å². The Hall–Kier alpha value is -1.33. The van der Waals surface area contributed by atoms with Gasteiger partial charge in [0.25, 0.3) is 11.6 Å². The molecule has 86 valence electrons. The maximum absolute atomic E-state index is 11.6. The molecule has 5 nitrogen and oxygen atoms in total. The van der Waals surface area contributed by atoms with Gasteiger partial charge in [0, 0.05) is 12.6 Å². The topological polar surface area (TPSA) is 72.2 Å². The predicted octanol–water partition coefficient (Wildman–Crippen LogP) is 2.65. The molecule has 0 saturated heterocycles. The molecule has 0 saturated carbocycles. The summed E-state index contributed by atoms with van der Waals surface area (Å²) in [6, 6.07) is 2.43. The number of nitro benzene ring substituents is 1. The van der Waals surface area contributed by atoms with Crippen molar-refractivity contribution in [2.24, 2.45) is 0 Å². The van der Waals surface area contributed by atoms with E-state index in [4.69, 9.17) is 23.2 Å². The SMILES string of the molecule is CCNC(=O)c1c(Cl)ccc([N+](=O)[O-])c1Cl. The molecule has 1 amide bonds. The number of nitro groups is 1. The first-order chi connectivity index (χ1) is 7.49. The average Bonchev–Trinajstić information content (AvgIpc) is 2.17. The van der Waals surface area contributed by atoms with Gasteiger partial charge in [-0.2, -0.15) is 0 Å².